The second kappa shape index (κ2) is 6.28. The molecule has 6 nitrogen and oxygen atoms in total. The van der Waals surface area contributed by atoms with E-state index in [9.17, 15) is 9.90 Å². The van der Waals surface area contributed by atoms with E-state index in [0.29, 0.717) is 0 Å². The number of likely N-dealkylation sites (tertiary alicyclic amines) is 1. The van der Waals surface area contributed by atoms with Crippen LogP contribution in [0.5, 0.6) is 0 Å². The Bertz CT molecular complexity index is 616. The standard InChI is InChI=1S/C14H16N4O2S/c19-8-11-2-1-5-18(11)13(20)6-10-9-21-14(17-10)12-7-15-3-4-16-12/h3-4,7,9,11,19H,1-2,5-6,8H2/t11-/m1/s1. The average Bonchev–Trinajstić information content (AvgIpc) is 3.16. The Balaban J connectivity index is 1.69. The predicted octanol–water partition coefficient (Wildman–Crippen LogP) is 1.13. The summed E-state index contributed by atoms with van der Waals surface area (Å²) in [4.78, 5) is 26.7. The average molecular weight is 304 g/mol. The monoisotopic (exact) mass is 304 g/mol. The molecule has 0 aliphatic carbocycles. The number of aliphatic hydroxyl groups is 1. The molecule has 1 fully saturated rings. The first-order valence-corrected chi connectivity index (χ1v) is 7.77. The van der Waals surface area contributed by atoms with Gasteiger partial charge in [0.15, 0.2) is 0 Å². The van der Waals surface area contributed by atoms with Crippen molar-refractivity contribution in [2.24, 2.45) is 0 Å². The molecular weight excluding hydrogens is 288 g/mol. The highest BCUT2D eigenvalue weighted by molar-refractivity contribution is 7.13. The molecule has 1 N–H and O–H groups in total. The minimum absolute atomic E-state index is 0.0301. The third-order valence-corrected chi connectivity index (χ3v) is 4.49. The van der Waals surface area contributed by atoms with Gasteiger partial charge in [-0.2, -0.15) is 0 Å². The third-order valence-electron chi connectivity index (χ3n) is 3.57. The summed E-state index contributed by atoms with van der Waals surface area (Å²) in [7, 11) is 0. The summed E-state index contributed by atoms with van der Waals surface area (Å²) < 4.78 is 0. The zero-order chi connectivity index (χ0) is 14.7. The van der Waals surface area contributed by atoms with Crippen LogP contribution in [0.4, 0.5) is 0 Å². The maximum Gasteiger partial charge on any atom is 0.228 e. The van der Waals surface area contributed by atoms with Gasteiger partial charge < -0.3 is 10.0 Å². The number of hydrogen-bond donors (Lipinski definition) is 1. The maximum absolute atomic E-state index is 12.3. The van der Waals surface area contributed by atoms with Crippen molar-refractivity contribution >= 4 is 17.2 Å². The first kappa shape index (κ1) is 14.1. The molecule has 1 atom stereocenters. The zero-order valence-corrected chi connectivity index (χ0v) is 12.3. The summed E-state index contributed by atoms with van der Waals surface area (Å²) >= 11 is 1.46. The second-order valence-electron chi connectivity index (χ2n) is 4.98. The number of amides is 1. The number of thiazole rings is 1. The van der Waals surface area contributed by atoms with Crippen molar-refractivity contribution in [2.45, 2.75) is 25.3 Å². The van der Waals surface area contributed by atoms with Gasteiger partial charge >= 0.3 is 0 Å². The SMILES string of the molecule is O=C(Cc1csc(-c2cnccn2)n1)N1CCC[C@@H]1CO. The van der Waals surface area contributed by atoms with Crippen molar-refractivity contribution in [3.05, 3.63) is 29.7 Å². The van der Waals surface area contributed by atoms with Crippen LogP contribution in [-0.2, 0) is 11.2 Å². The first-order chi connectivity index (χ1) is 10.3. The number of nitrogens with zero attached hydrogens (tertiary/aromatic N) is 4. The van der Waals surface area contributed by atoms with Gasteiger partial charge in [-0.25, -0.2) is 4.98 Å². The fourth-order valence-corrected chi connectivity index (χ4v) is 3.31. The topological polar surface area (TPSA) is 79.2 Å². The fourth-order valence-electron chi connectivity index (χ4n) is 2.53. The van der Waals surface area contributed by atoms with Crippen LogP contribution in [0.15, 0.2) is 24.0 Å². The first-order valence-electron chi connectivity index (χ1n) is 6.89. The summed E-state index contributed by atoms with van der Waals surface area (Å²) in [6.45, 7) is 0.763. The molecule has 1 aliphatic rings. The van der Waals surface area contributed by atoms with Crippen molar-refractivity contribution in [1.82, 2.24) is 19.9 Å². The van der Waals surface area contributed by atoms with Gasteiger partial charge in [-0.3, -0.25) is 14.8 Å². The van der Waals surface area contributed by atoms with Crippen LogP contribution in [0.2, 0.25) is 0 Å². The Morgan fingerprint density at radius 1 is 1.48 bits per heavy atom. The Labute approximate surface area is 126 Å². The van der Waals surface area contributed by atoms with Crippen LogP contribution in [0, 0.1) is 0 Å². The Morgan fingerprint density at radius 2 is 2.38 bits per heavy atom. The van der Waals surface area contributed by atoms with Crippen LogP contribution in [0.3, 0.4) is 0 Å². The summed E-state index contributed by atoms with van der Waals surface area (Å²) in [5.41, 5.74) is 1.46. The van der Waals surface area contributed by atoms with Crippen molar-refractivity contribution in [2.75, 3.05) is 13.2 Å². The molecule has 7 heteroatoms. The van der Waals surface area contributed by atoms with E-state index in [-0.39, 0.29) is 25.0 Å². The fraction of sp³-hybridized carbons (Fsp3) is 0.429. The molecule has 0 unspecified atom stereocenters. The minimum Gasteiger partial charge on any atom is -0.394 e. The van der Waals surface area contributed by atoms with E-state index in [2.05, 4.69) is 15.0 Å². The van der Waals surface area contributed by atoms with Gasteiger partial charge in [0.05, 0.1) is 31.0 Å². The van der Waals surface area contributed by atoms with Crippen LogP contribution in [-0.4, -0.2) is 50.1 Å². The van der Waals surface area contributed by atoms with Gasteiger partial charge in [-0.15, -0.1) is 11.3 Å². The molecule has 0 saturated carbocycles. The van der Waals surface area contributed by atoms with Crippen LogP contribution < -0.4 is 0 Å². The number of carbonyl (C=O) groups is 1. The second-order valence-corrected chi connectivity index (χ2v) is 5.84. The lowest BCUT2D eigenvalue weighted by Crippen LogP contribution is -2.38. The molecule has 0 aromatic carbocycles. The number of aliphatic hydroxyl groups excluding tert-OH is 1. The number of carbonyl (C=O) groups excluding carboxylic acids is 1. The molecule has 0 radical (unpaired) electrons. The van der Waals surface area contributed by atoms with E-state index in [4.69, 9.17) is 0 Å². The maximum atomic E-state index is 12.3. The van der Waals surface area contributed by atoms with Gasteiger partial charge in [0.2, 0.25) is 5.91 Å². The molecular formula is C14H16N4O2S. The van der Waals surface area contributed by atoms with E-state index >= 15 is 0 Å². The van der Waals surface area contributed by atoms with Gasteiger partial charge in [0, 0.05) is 24.3 Å². The van der Waals surface area contributed by atoms with E-state index in [1.54, 1.807) is 23.5 Å². The molecule has 3 heterocycles. The van der Waals surface area contributed by atoms with Gasteiger partial charge in [0.1, 0.15) is 10.7 Å². The molecule has 2 aromatic heterocycles. The summed E-state index contributed by atoms with van der Waals surface area (Å²) in [5.74, 6) is 0.0301. The van der Waals surface area contributed by atoms with Gasteiger partial charge in [-0.1, -0.05) is 0 Å². The molecule has 110 valence electrons. The number of hydrogen-bond acceptors (Lipinski definition) is 6. The smallest absolute Gasteiger partial charge is 0.228 e. The molecule has 1 amide bonds. The highest BCUT2D eigenvalue weighted by atomic mass is 32.1. The van der Waals surface area contributed by atoms with E-state index in [1.165, 1.54) is 11.3 Å². The number of rotatable bonds is 4. The lowest BCUT2D eigenvalue weighted by Gasteiger charge is -2.22. The third kappa shape index (κ3) is 3.08. The zero-order valence-electron chi connectivity index (χ0n) is 11.5. The Kier molecular flexibility index (Phi) is 4.21. The molecule has 21 heavy (non-hydrogen) atoms. The van der Waals surface area contributed by atoms with E-state index in [1.807, 2.05) is 5.38 Å². The Hall–Kier alpha value is -1.86. The van der Waals surface area contributed by atoms with Crippen molar-refractivity contribution < 1.29 is 9.90 Å². The summed E-state index contributed by atoms with van der Waals surface area (Å²) in [5, 5.41) is 11.9. The lowest BCUT2D eigenvalue weighted by molar-refractivity contribution is -0.132. The van der Waals surface area contributed by atoms with Gasteiger partial charge in [-0.05, 0) is 12.8 Å². The Morgan fingerprint density at radius 3 is 3.14 bits per heavy atom. The molecule has 3 rings (SSSR count). The molecule has 1 saturated heterocycles. The van der Waals surface area contributed by atoms with Crippen molar-refractivity contribution in [3.63, 3.8) is 0 Å². The highest BCUT2D eigenvalue weighted by Crippen LogP contribution is 2.22. The predicted molar refractivity (Wildman–Crippen MR) is 78.7 cm³/mol. The van der Waals surface area contributed by atoms with E-state index < -0.39 is 0 Å². The molecule has 0 spiro atoms. The summed E-state index contributed by atoms with van der Waals surface area (Å²) in [6, 6.07) is -0.0319. The molecule has 0 bridgehead atoms. The highest BCUT2D eigenvalue weighted by Gasteiger charge is 2.28. The number of aromatic nitrogens is 3. The summed E-state index contributed by atoms with van der Waals surface area (Å²) in [6.07, 6.45) is 7.00. The largest absolute Gasteiger partial charge is 0.394 e. The van der Waals surface area contributed by atoms with Crippen LogP contribution in [0.1, 0.15) is 18.5 Å². The minimum atomic E-state index is -0.0319. The molecule has 1 aliphatic heterocycles. The van der Waals surface area contributed by atoms with E-state index in [0.717, 1.165) is 35.8 Å². The van der Waals surface area contributed by atoms with Crippen LogP contribution >= 0.6 is 11.3 Å². The molecule has 2 aromatic rings. The quantitative estimate of drug-likeness (QED) is 0.916. The van der Waals surface area contributed by atoms with Crippen LogP contribution in [0.25, 0.3) is 10.7 Å². The normalized spacial score (nSPS) is 18.1. The lowest BCUT2D eigenvalue weighted by atomic mass is 10.2. The van der Waals surface area contributed by atoms with Crippen molar-refractivity contribution in [3.8, 4) is 10.7 Å². The van der Waals surface area contributed by atoms with Crippen molar-refractivity contribution in [1.29, 1.82) is 0 Å². The van der Waals surface area contributed by atoms with Gasteiger partial charge in [0.25, 0.3) is 0 Å².